The molecule has 2 aromatic carbocycles. The summed E-state index contributed by atoms with van der Waals surface area (Å²) in [4.78, 5) is 26.7. The molecule has 6 N–H and O–H groups in total. The van der Waals surface area contributed by atoms with E-state index in [4.69, 9.17) is 11.8 Å². The van der Waals surface area contributed by atoms with Gasteiger partial charge in [0.25, 0.3) is 15.9 Å². The number of likely N-dealkylation sites (N-methyl/N-ethyl adjacent to an activating group) is 1. The Hall–Kier alpha value is -3.20. The summed E-state index contributed by atoms with van der Waals surface area (Å²) >= 11 is 6.17. The molecule has 2 aromatic rings. The standard InChI is InChI=1S/C25H30ClN5O7S/c1-14-13-30(2)31(26)25(14)39(37,38)29-22(24(35)28-36)19(11-15-6-5-8-17(32)10-15)23(34)27-21-18-9-4-3-7-16(18)12-20(21)33/h3-10,19-22,29,32-33,36H,11-13H2,1-2H3,(H,27,34)(H,28,35)/t19-,20-,21+,22+/m1/s1. The van der Waals surface area contributed by atoms with E-state index in [1.807, 2.05) is 12.1 Å². The molecule has 0 saturated heterocycles. The van der Waals surface area contributed by atoms with Gasteiger partial charge < -0.3 is 15.5 Å². The smallest absolute Gasteiger partial charge is 0.262 e. The first-order valence-electron chi connectivity index (χ1n) is 12.1. The molecule has 2 aliphatic rings. The molecule has 0 bridgehead atoms. The van der Waals surface area contributed by atoms with Crippen molar-refractivity contribution in [3.63, 3.8) is 0 Å². The molecule has 0 unspecified atom stereocenters. The molecule has 12 nitrogen and oxygen atoms in total. The number of nitrogens with zero attached hydrogens (tertiary/aromatic N) is 2. The van der Waals surface area contributed by atoms with Crippen LogP contribution < -0.4 is 15.5 Å². The molecule has 0 spiro atoms. The number of rotatable bonds is 9. The molecule has 210 valence electrons. The van der Waals surface area contributed by atoms with Crippen LogP contribution in [0.4, 0.5) is 0 Å². The van der Waals surface area contributed by atoms with Gasteiger partial charge >= 0.3 is 0 Å². The van der Waals surface area contributed by atoms with Crippen LogP contribution in [0.3, 0.4) is 0 Å². The van der Waals surface area contributed by atoms with E-state index < -0.39 is 45.9 Å². The third kappa shape index (κ3) is 6.03. The Morgan fingerprint density at radius 3 is 2.51 bits per heavy atom. The molecule has 0 saturated carbocycles. The van der Waals surface area contributed by atoms with Crippen LogP contribution in [-0.2, 0) is 32.5 Å². The van der Waals surface area contributed by atoms with Crippen molar-refractivity contribution in [3.8, 4) is 5.75 Å². The van der Waals surface area contributed by atoms with Crippen molar-refractivity contribution in [2.45, 2.75) is 38.0 Å². The Morgan fingerprint density at radius 1 is 1.15 bits per heavy atom. The van der Waals surface area contributed by atoms with Gasteiger partial charge in [-0.1, -0.05) is 36.4 Å². The Labute approximate surface area is 231 Å². The lowest BCUT2D eigenvalue weighted by atomic mass is 9.90. The van der Waals surface area contributed by atoms with Gasteiger partial charge in [0.05, 0.1) is 18.1 Å². The number of aliphatic hydroxyl groups excluding tert-OH is 1. The van der Waals surface area contributed by atoms with Crippen molar-refractivity contribution in [1.82, 2.24) is 25.1 Å². The minimum atomic E-state index is -4.48. The number of hydroxylamine groups is 1. The number of amides is 2. The van der Waals surface area contributed by atoms with E-state index in [-0.39, 0.29) is 23.7 Å². The maximum absolute atomic E-state index is 13.8. The average molecular weight is 580 g/mol. The summed E-state index contributed by atoms with van der Waals surface area (Å²) in [5, 5.41) is 34.0. The van der Waals surface area contributed by atoms with Crippen LogP contribution >= 0.6 is 11.8 Å². The molecular weight excluding hydrogens is 550 g/mol. The summed E-state index contributed by atoms with van der Waals surface area (Å²) in [5.74, 6) is -3.45. The van der Waals surface area contributed by atoms with Crippen LogP contribution in [0.15, 0.2) is 59.1 Å². The first kappa shape index (κ1) is 28.8. The number of sulfonamides is 1. The van der Waals surface area contributed by atoms with Crippen molar-refractivity contribution in [1.29, 1.82) is 0 Å². The van der Waals surface area contributed by atoms with Crippen LogP contribution in [0.25, 0.3) is 0 Å². The minimum Gasteiger partial charge on any atom is -0.508 e. The van der Waals surface area contributed by atoms with Gasteiger partial charge in [-0.15, -0.1) is 0 Å². The van der Waals surface area contributed by atoms with Gasteiger partial charge in [0.15, 0.2) is 5.03 Å². The SMILES string of the molecule is CC1=C(S(=O)(=O)N[C@H](C(=O)NO)[C@@H](Cc2cccc(O)c2)C(=O)N[C@H]2c3ccccc3C[C@H]2O)N(Cl)N(C)C1. The first-order valence-corrected chi connectivity index (χ1v) is 13.9. The Kier molecular flexibility index (Phi) is 8.49. The summed E-state index contributed by atoms with van der Waals surface area (Å²) in [5.41, 5.74) is 3.80. The second kappa shape index (κ2) is 11.5. The van der Waals surface area contributed by atoms with Crippen molar-refractivity contribution in [2.24, 2.45) is 5.92 Å². The second-order valence-corrected chi connectivity index (χ2v) is 11.6. The monoisotopic (exact) mass is 579 g/mol. The molecule has 0 aromatic heterocycles. The highest BCUT2D eigenvalue weighted by atomic mass is 35.5. The third-order valence-electron chi connectivity index (χ3n) is 6.83. The summed E-state index contributed by atoms with van der Waals surface area (Å²) in [6.45, 7) is 1.77. The van der Waals surface area contributed by atoms with Crippen molar-refractivity contribution in [3.05, 3.63) is 75.8 Å². The van der Waals surface area contributed by atoms with Crippen molar-refractivity contribution >= 4 is 33.6 Å². The van der Waals surface area contributed by atoms with Gasteiger partial charge in [-0.2, -0.15) is 4.72 Å². The molecule has 1 aliphatic carbocycles. The number of fused-ring (bicyclic) bond motifs is 1. The highest BCUT2D eigenvalue weighted by Gasteiger charge is 2.43. The number of carbonyl (C=O) groups excluding carboxylic acids is 2. The number of halogens is 1. The quantitative estimate of drug-likeness (QED) is 0.142. The molecule has 0 fully saturated rings. The zero-order valence-electron chi connectivity index (χ0n) is 21.2. The van der Waals surface area contributed by atoms with E-state index in [0.717, 1.165) is 10.1 Å². The number of hydrogen-bond donors (Lipinski definition) is 6. The fourth-order valence-corrected chi connectivity index (χ4v) is 7.08. The van der Waals surface area contributed by atoms with Crippen molar-refractivity contribution < 1.29 is 33.4 Å². The summed E-state index contributed by atoms with van der Waals surface area (Å²) in [6.07, 6.45) is -0.840. The lowest BCUT2D eigenvalue weighted by Crippen LogP contribution is -2.56. The number of carbonyl (C=O) groups is 2. The van der Waals surface area contributed by atoms with E-state index in [9.17, 15) is 33.4 Å². The number of phenols is 1. The maximum Gasteiger partial charge on any atom is 0.262 e. The second-order valence-electron chi connectivity index (χ2n) is 9.67. The summed E-state index contributed by atoms with van der Waals surface area (Å²) < 4.78 is 30.0. The van der Waals surface area contributed by atoms with Gasteiger partial charge in [0.2, 0.25) is 5.91 Å². The highest BCUT2D eigenvalue weighted by molar-refractivity contribution is 7.93. The number of hydrazine groups is 1. The largest absolute Gasteiger partial charge is 0.508 e. The van der Waals surface area contributed by atoms with Gasteiger partial charge in [-0.25, -0.2) is 23.4 Å². The Bertz CT molecular complexity index is 1400. The predicted molar refractivity (Wildman–Crippen MR) is 141 cm³/mol. The van der Waals surface area contributed by atoms with Gasteiger partial charge in [-0.05, 0) is 47.7 Å². The topological polar surface area (TPSA) is 172 Å². The summed E-state index contributed by atoms with van der Waals surface area (Å²) in [6, 6.07) is 10.5. The Balaban J connectivity index is 1.71. The first-order chi connectivity index (χ1) is 18.4. The van der Waals surface area contributed by atoms with Crippen LogP contribution in [-0.4, -0.2) is 70.9 Å². The normalized spacial score (nSPS) is 21.0. The number of phenolic OH excluding ortho intramolecular Hbond substituents is 1. The summed E-state index contributed by atoms with van der Waals surface area (Å²) in [7, 11) is -2.91. The lowest BCUT2D eigenvalue weighted by Gasteiger charge is -2.29. The van der Waals surface area contributed by atoms with Crippen LogP contribution in [0.2, 0.25) is 0 Å². The van der Waals surface area contributed by atoms with Gasteiger partial charge in [0.1, 0.15) is 11.8 Å². The third-order valence-corrected chi connectivity index (χ3v) is 8.96. The molecule has 4 atom stereocenters. The zero-order chi connectivity index (χ0) is 28.5. The van der Waals surface area contributed by atoms with E-state index in [0.29, 0.717) is 23.1 Å². The molecule has 1 heterocycles. The molecule has 2 amide bonds. The Morgan fingerprint density at radius 2 is 1.87 bits per heavy atom. The predicted octanol–water partition coefficient (Wildman–Crippen LogP) is 0.667. The maximum atomic E-state index is 13.8. The zero-order valence-corrected chi connectivity index (χ0v) is 22.8. The molecule has 14 heteroatoms. The number of aromatic hydroxyl groups is 1. The fourth-order valence-electron chi connectivity index (χ4n) is 5.03. The van der Waals surface area contributed by atoms with Gasteiger partial charge in [0, 0.05) is 31.8 Å². The highest BCUT2D eigenvalue weighted by Crippen LogP contribution is 2.33. The number of hydrogen-bond acceptors (Lipinski definition) is 9. The van der Waals surface area contributed by atoms with Crippen LogP contribution in [0, 0.1) is 5.92 Å². The van der Waals surface area contributed by atoms with E-state index in [1.165, 1.54) is 28.7 Å². The van der Waals surface area contributed by atoms with Gasteiger partial charge in [-0.3, -0.25) is 14.8 Å². The minimum absolute atomic E-state index is 0.0944. The number of benzene rings is 2. The fraction of sp³-hybridized carbons (Fsp3) is 0.360. The van der Waals surface area contributed by atoms with E-state index in [2.05, 4.69) is 10.0 Å². The van der Waals surface area contributed by atoms with Crippen molar-refractivity contribution in [2.75, 3.05) is 13.6 Å². The lowest BCUT2D eigenvalue weighted by molar-refractivity contribution is -0.137. The van der Waals surface area contributed by atoms with Crippen LogP contribution in [0.1, 0.15) is 29.7 Å². The van der Waals surface area contributed by atoms with E-state index in [1.54, 1.807) is 32.2 Å². The van der Waals surface area contributed by atoms with E-state index >= 15 is 0 Å². The molecule has 4 rings (SSSR count). The molecular formula is C25H30ClN5O7S. The average Bonchev–Trinajstić information content (AvgIpc) is 3.34. The number of nitrogens with one attached hydrogen (secondary N) is 3. The molecule has 1 aliphatic heterocycles. The molecule has 39 heavy (non-hydrogen) atoms. The number of aliphatic hydroxyl groups is 1. The van der Waals surface area contributed by atoms with Crippen LogP contribution in [0.5, 0.6) is 5.75 Å². The molecule has 0 radical (unpaired) electrons.